The fourth-order valence-electron chi connectivity index (χ4n) is 3.37. The standard InChI is InChI=1S/C15H26N6/c1-15(2,3)14-18-12(9-13(19-14)20-16)17-10-6-8-21-7-4-5-11(10)21/h9-11H,4-8,16H2,1-3H3,(H2,17,18,19,20). The molecule has 0 saturated carbocycles. The van der Waals surface area contributed by atoms with Gasteiger partial charge in [0, 0.05) is 30.1 Å². The van der Waals surface area contributed by atoms with Gasteiger partial charge in [0.15, 0.2) is 0 Å². The van der Waals surface area contributed by atoms with Crippen LogP contribution in [0.3, 0.4) is 0 Å². The highest BCUT2D eigenvalue weighted by Crippen LogP contribution is 2.30. The molecule has 1 aromatic rings. The molecule has 4 N–H and O–H groups in total. The average Bonchev–Trinajstić information content (AvgIpc) is 3.02. The Kier molecular flexibility index (Phi) is 3.75. The van der Waals surface area contributed by atoms with Crippen molar-refractivity contribution >= 4 is 11.6 Å². The smallest absolute Gasteiger partial charge is 0.145 e. The number of rotatable bonds is 3. The molecule has 2 aliphatic heterocycles. The molecule has 1 aromatic heterocycles. The maximum atomic E-state index is 5.55. The van der Waals surface area contributed by atoms with Gasteiger partial charge in [0.05, 0.1) is 0 Å². The summed E-state index contributed by atoms with van der Waals surface area (Å²) in [6.07, 6.45) is 3.79. The topological polar surface area (TPSA) is 79.1 Å². The molecule has 2 fully saturated rings. The Morgan fingerprint density at radius 1 is 1.19 bits per heavy atom. The van der Waals surface area contributed by atoms with Crippen LogP contribution in [0, 0.1) is 0 Å². The number of hydrazine groups is 1. The van der Waals surface area contributed by atoms with E-state index >= 15 is 0 Å². The van der Waals surface area contributed by atoms with Gasteiger partial charge in [-0.05, 0) is 25.8 Å². The van der Waals surface area contributed by atoms with Crippen molar-refractivity contribution in [3.05, 3.63) is 11.9 Å². The van der Waals surface area contributed by atoms with Crippen molar-refractivity contribution in [2.75, 3.05) is 23.8 Å². The molecular weight excluding hydrogens is 264 g/mol. The van der Waals surface area contributed by atoms with Gasteiger partial charge < -0.3 is 10.7 Å². The van der Waals surface area contributed by atoms with Crippen molar-refractivity contribution in [2.45, 2.75) is 57.5 Å². The quantitative estimate of drug-likeness (QED) is 0.581. The molecule has 21 heavy (non-hydrogen) atoms. The second kappa shape index (κ2) is 5.42. The minimum Gasteiger partial charge on any atom is -0.366 e. The Hall–Kier alpha value is -1.40. The Labute approximate surface area is 126 Å². The summed E-state index contributed by atoms with van der Waals surface area (Å²) in [6, 6.07) is 3.04. The van der Waals surface area contributed by atoms with E-state index in [1.165, 1.54) is 32.4 Å². The van der Waals surface area contributed by atoms with Gasteiger partial charge in [-0.1, -0.05) is 20.8 Å². The van der Waals surface area contributed by atoms with Crippen molar-refractivity contribution in [1.82, 2.24) is 14.9 Å². The molecule has 2 unspecified atom stereocenters. The van der Waals surface area contributed by atoms with Crippen LogP contribution >= 0.6 is 0 Å². The maximum Gasteiger partial charge on any atom is 0.145 e. The summed E-state index contributed by atoms with van der Waals surface area (Å²) in [5.41, 5.74) is 2.55. The van der Waals surface area contributed by atoms with Gasteiger partial charge in [0.2, 0.25) is 0 Å². The Balaban J connectivity index is 1.81. The number of aromatic nitrogens is 2. The zero-order chi connectivity index (χ0) is 15.0. The van der Waals surface area contributed by atoms with E-state index in [1.807, 2.05) is 6.07 Å². The van der Waals surface area contributed by atoms with Gasteiger partial charge in [0.25, 0.3) is 0 Å². The highest BCUT2D eigenvalue weighted by atomic mass is 15.3. The van der Waals surface area contributed by atoms with Crippen LogP contribution in [0.2, 0.25) is 0 Å². The first kappa shape index (κ1) is 14.5. The van der Waals surface area contributed by atoms with Crippen LogP contribution in [-0.2, 0) is 5.41 Å². The zero-order valence-corrected chi connectivity index (χ0v) is 13.2. The molecule has 2 aliphatic rings. The summed E-state index contributed by atoms with van der Waals surface area (Å²) < 4.78 is 0. The fourth-order valence-corrected chi connectivity index (χ4v) is 3.37. The number of nitrogen functional groups attached to an aromatic ring is 1. The third-order valence-corrected chi connectivity index (χ3v) is 4.48. The Morgan fingerprint density at radius 3 is 2.67 bits per heavy atom. The molecule has 6 nitrogen and oxygen atoms in total. The first-order chi connectivity index (χ1) is 9.97. The average molecular weight is 290 g/mol. The lowest BCUT2D eigenvalue weighted by Crippen LogP contribution is -2.34. The van der Waals surface area contributed by atoms with E-state index < -0.39 is 0 Å². The summed E-state index contributed by atoms with van der Waals surface area (Å²) >= 11 is 0. The molecule has 0 spiro atoms. The monoisotopic (exact) mass is 290 g/mol. The van der Waals surface area contributed by atoms with Crippen molar-refractivity contribution < 1.29 is 0 Å². The van der Waals surface area contributed by atoms with Crippen molar-refractivity contribution in [3.8, 4) is 0 Å². The predicted molar refractivity (Wildman–Crippen MR) is 85.2 cm³/mol. The third-order valence-electron chi connectivity index (χ3n) is 4.48. The number of nitrogens with zero attached hydrogens (tertiary/aromatic N) is 3. The van der Waals surface area contributed by atoms with E-state index in [4.69, 9.17) is 10.8 Å². The molecule has 0 aliphatic carbocycles. The van der Waals surface area contributed by atoms with Crippen molar-refractivity contribution in [2.24, 2.45) is 5.84 Å². The lowest BCUT2D eigenvalue weighted by Gasteiger charge is -2.23. The molecule has 2 saturated heterocycles. The van der Waals surface area contributed by atoms with Gasteiger partial charge in [-0.15, -0.1) is 0 Å². The SMILES string of the molecule is CC(C)(C)c1nc(NN)cc(NC2CCN3CCCC23)n1. The molecule has 116 valence electrons. The number of fused-ring (bicyclic) bond motifs is 1. The number of hydrogen-bond donors (Lipinski definition) is 3. The summed E-state index contributed by atoms with van der Waals surface area (Å²) in [5, 5.41) is 3.61. The zero-order valence-electron chi connectivity index (χ0n) is 13.2. The fraction of sp³-hybridized carbons (Fsp3) is 0.733. The lowest BCUT2D eigenvalue weighted by atomic mass is 9.96. The molecule has 0 radical (unpaired) electrons. The minimum absolute atomic E-state index is 0.0988. The molecule has 2 atom stereocenters. The molecule has 3 rings (SSSR count). The summed E-state index contributed by atoms with van der Waals surface area (Å²) in [7, 11) is 0. The summed E-state index contributed by atoms with van der Waals surface area (Å²) in [4.78, 5) is 11.7. The van der Waals surface area contributed by atoms with Crippen molar-refractivity contribution in [1.29, 1.82) is 0 Å². The minimum atomic E-state index is -0.0988. The van der Waals surface area contributed by atoms with Crippen LogP contribution in [0.1, 0.15) is 45.9 Å². The van der Waals surface area contributed by atoms with Crippen LogP contribution in [0.4, 0.5) is 11.6 Å². The largest absolute Gasteiger partial charge is 0.366 e. The van der Waals surface area contributed by atoms with E-state index in [0.29, 0.717) is 17.9 Å². The van der Waals surface area contributed by atoms with Gasteiger partial charge >= 0.3 is 0 Å². The molecule has 6 heteroatoms. The Morgan fingerprint density at radius 2 is 1.95 bits per heavy atom. The molecular formula is C15H26N6. The van der Waals surface area contributed by atoms with E-state index in [0.717, 1.165) is 11.6 Å². The number of hydrogen-bond acceptors (Lipinski definition) is 6. The van der Waals surface area contributed by atoms with Crippen LogP contribution in [0.15, 0.2) is 6.07 Å². The normalized spacial score (nSPS) is 25.9. The molecule has 0 amide bonds. The van der Waals surface area contributed by atoms with Crippen LogP contribution in [0.25, 0.3) is 0 Å². The highest BCUT2D eigenvalue weighted by molar-refractivity contribution is 5.48. The van der Waals surface area contributed by atoms with Gasteiger partial charge in [-0.25, -0.2) is 15.8 Å². The van der Waals surface area contributed by atoms with Crippen LogP contribution in [0.5, 0.6) is 0 Å². The van der Waals surface area contributed by atoms with E-state index in [2.05, 4.69) is 41.4 Å². The maximum absolute atomic E-state index is 5.55. The van der Waals surface area contributed by atoms with E-state index in [1.54, 1.807) is 0 Å². The van der Waals surface area contributed by atoms with Crippen LogP contribution < -0.4 is 16.6 Å². The van der Waals surface area contributed by atoms with Crippen LogP contribution in [-0.4, -0.2) is 40.0 Å². The summed E-state index contributed by atoms with van der Waals surface area (Å²) in [5.74, 6) is 7.90. The Bertz CT molecular complexity index is 509. The first-order valence-corrected chi connectivity index (χ1v) is 7.84. The van der Waals surface area contributed by atoms with Crippen molar-refractivity contribution in [3.63, 3.8) is 0 Å². The predicted octanol–water partition coefficient (Wildman–Crippen LogP) is 1.71. The molecule has 0 bridgehead atoms. The molecule has 0 aromatic carbocycles. The summed E-state index contributed by atoms with van der Waals surface area (Å²) in [6.45, 7) is 8.78. The number of nitrogens with two attached hydrogens (primary N) is 1. The number of nitrogens with one attached hydrogen (secondary N) is 2. The molecule has 3 heterocycles. The van der Waals surface area contributed by atoms with E-state index in [9.17, 15) is 0 Å². The second-order valence-corrected chi connectivity index (χ2v) is 7.14. The number of anilines is 2. The van der Waals surface area contributed by atoms with Gasteiger partial charge in [-0.2, -0.15) is 0 Å². The lowest BCUT2D eigenvalue weighted by molar-refractivity contribution is 0.318. The first-order valence-electron chi connectivity index (χ1n) is 7.84. The van der Waals surface area contributed by atoms with Gasteiger partial charge in [-0.3, -0.25) is 4.90 Å². The highest BCUT2D eigenvalue weighted by Gasteiger charge is 2.37. The second-order valence-electron chi connectivity index (χ2n) is 7.14. The van der Waals surface area contributed by atoms with E-state index in [-0.39, 0.29) is 5.41 Å². The van der Waals surface area contributed by atoms with Gasteiger partial charge in [0.1, 0.15) is 17.5 Å². The third kappa shape index (κ3) is 2.96.